The van der Waals surface area contributed by atoms with Crippen molar-refractivity contribution in [2.75, 3.05) is 20.3 Å². The summed E-state index contributed by atoms with van der Waals surface area (Å²) in [5.74, 6) is -0.495. The Labute approximate surface area is 151 Å². The minimum atomic E-state index is -0.247. The number of amides is 2. The van der Waals surface area contributed by atoms with Crippen molar-refractivity contribution in [1.82, 2.24) is 20.6 Å². The smallest absolute Gasteiger partial charge is 0.251 e. The van der Waals surface area contributed by atoms with Gasteiger partial charge in [-0.3, -0.25) is 9.59 Å². The van der Waals surface area contributed by atoms with Gasteiger partial charge in [0, 0.05) is 25.1 Å². The maximum absolute atomic E-state index is 12.7. The van der Waals surface area contributed by atoms with Gasteiger partial charge in [0.15, 0.2) is 0 Å². The molecule has 0 saturated heterocycles. The minimum absolute atomic E-state index is 0.0879. The van der Waals surface area contributed by atoms with E-state index in [1.54, 1.807) is 31.6 Å². The van der Waals surface area contributed by atoms with Gasteiger partial charge in [-0.25, -0.2) is 4.98 Å². The van der Waals surface area contributed by atoms with Gasteiger partial charge < -0.3 is 25.5 Å². The Hall–Kier alpha value is -2.45. The van der Waals surface area contributed by atoms with Crippen LogP contribution in [0.25, 0.3) is 11.0 Å². The predicted octanol–water partition coefficient (Wildman–Crippen LogP) is 0.585. The van der Waals surface area contributed by atoms with Crippen molar-refractivity contribution >= 4 is 22.8 Å². The topological polar surface area (TPSA) is 116 Å². The van der Waals surface area contributed by atoms with Gasteiger partial charge in [0.25, 0.3) is 5.91 Å². The number of nitrogens with zero attached hydrogens (tertiary/aromatic N) is 1. The molecule has 0 bridgehead atoms. The molecule has 1 saturated carbocycles. The van der Waals surface area contributed by atoms with E-state index in [1.165, 1.54) is 0 Å². The summed E-state index contributed by atoms with van der Waals surface area (Å²) >= 11 is 0. The second kappa shape index (κ2) is 8.29. The van der Waals surface area contributed by atoms with E-state index in [2.05, 4.69) is 20.6 Å². The molecule has 0 radical (unpaired) electrons. The summed E-state index contributed by atoms with van der Waals surface area (Å²) < 4.78 is 5.50. The molecule has 2 amide bonds. The number of aliphatic hydroxyl groups excluding tert-OH is 1. The molecule has 1 aliphatic rings. The van der Waals surface area contributed by atoms with Gasteiger partial charge in [-0.1, -0.05) is 0 Å². The number of H-pyrrole nitrogens is 1. The predicted molar refractivity (Wildman–Crippen MR) is 95.6 cm³/mol. The van der Waals surface area contributed by atoms with E-state index < -0.39 is 0 Å². The van der Waals surface area contributed by atoms with Crippen LogP contribution in [-0.4, -0.2) is 59.3 Å². The van der Waals surface area contributed by atoms with E-state index in [1.807, 2.05) is 0 Å². The van der Waals surface area contributed by atoms with Crippen molar-refractivity contribution in [3.05, 3.63) is 30.1 Å². The van der Waals surface area contributed by atoms with Crippen molar-refractivity contribution in [2.24, 2.45) is 5.92 Å². The third-order valence-electron chi connectivity index (χ3n) is 4.87. The lowest BCUT2D eigenvalue weighted by Gasteiger charge is -2.35. The number of rotatable bonds is 6. The largest absolute Gasteiger partial charge is 0.395 e. The Morgan fingerprint density at radius 1 is 1.38 bits per heavy atom. The molecule has 1 aliphatic carbocycles. The fraction of sp³-hybridized carbons (Fsp3) is 0.500. The average molecular weight is 360 g/mol. The SMILES string of the molecule is CO[C@@H]1CC[C@H](C(=O)NCCO)C[C@H]1NC(=O)c1ccc2nc[nH]c2c1. The van der Waals surface area contributed by atoms with Gasteiger partial charge in [-0.2, -0.15) is 0 Å². The van der Waals surface area contributed by atoms with Crippen molar-refractivity contribution in [1.29, 1.82) is 0 Å². The minimum Gasteiger partial charge on any atom is -0.395 e. The van der Waals surface area contributed by atoms with Gasteiger partial charge in [0.1, 0.15) is 0 Å². The molecule has 1 heterocycles. The molecule has 1 fully saturated rings. The lowest BCUT2D eigenvalue weighted by atomic mass is 9.83. The van der Waals surface area contributed by atoms with E-state index in [0.717, 1.165) is 11.0 Å². The van der Waals surface area contributed by atoms with E-state index in [9.17, 15) is 9.59 Å². The van der Waals surface area contributed by atoms with Gasteiger partial charge in [0.05, 0.1) is 36.1 Å². The highest BCUT2D eigenvalue weighted by molar-refractivity contribution is 5.97. The van der Waals surface area contributed by atoms with Crippen molar-refractivity contribution in [2.45, 2.75) is 31.4 Å². The van der Waals surface area contributed by atoms with E-state index in [0.29, 0.717) is 24.8 Å². The molecular formula is C18H24N4O4. The third-order valence-corrected chi connectivity index (χ3v) is 4.87. The molecule has 0 spiro atoms. The summed E-state index contributed by atoms with van der Waals surface area (Å²) in [6.07, 6.45) is 3.36. The summed E-state index contributed by atoms with van der Waals surface area (Å²) in [4.78, 5) is 32.0. The molecule has 8 nitrogen and oxygen atoms in total. The van der Waals surface area contributed by atoms with E-state index in [4.69, 9.17) is 9.84 Å². The average Bonchev–Trinajstić information content (AvgIpc) is 3.13. The summed E-state index contributed by atoms with van der Waals surface area (Å²) in [7, 11) is 1.62. The number of aromatic nitrogens is 2. The zero-order valence-corrected chi connectivity index (χ0v) is 14.7. The van der Waals surface area contributed by atoms with Crippen LogP contribution in [0.3, 0.4) is 0 Å². The van der Waals surface area contributed by atoms with E-state index >= 15 is 0 Å². The zero-order chi connectivity index (χ0) is 18.5. The monoisotopic (exact) mass is 360 g/mol. The van der Waals surface area contributed by atoms with Crippen LogP contribution in [0, 0.1) is 5.92 Å². The highest BCUT2D eigenvalue weighted by Crippen LogP contribution is 2.27. The Kier molecular flexibility index (Phi) is 5.85. The van der Waals surface area contributed by atoms with Crippen LogP contribution in [0.15, 0.2) is 24.5 Å². The Balaban J connectivity index is 1.68. The van der Waals surface area contributed by atoms with Gasteiger partial charge in [-0.05, 0) is 37.5 Å². The number of nitrogens with one attached hydrogen (secondary N) is 3. The fourth-order valence-electron chi connectivity index (χ4n) is 3.47. The first-order valence-electron chi connectivity index (χ1n) is 8.77. The quantitative estimate of drug-likeness (QED) is 0.601. The summed E-state index contributed by atoms with van der Waals surface area (Å²) in [5, 5.41) is 14.6. The van der Waals surface area contributed by atoms with Crippen LogP contribution >= 0.6 is 0 Å². The highest BCUT2D eigenvalue weighted by Gasteiger charge is 2.35. The number of ether oxygens (including phenoxy) is 1. The molecule has 1 aromatic heterocycles. The van der Waals surface area contributed by atoms with Gasteiger partial charge in [0.2, 0.25) is 5.91 Å². The number of carbonyl (C=O) groups is 2. The van der Waals surface area contributed by atoms with Crippen molar-refractivity contribution in [3.8, 4) is 0 Å². The highest BCUT2D eigenvalue weighted by atomic mass is 16.5. The van der Waals surface area contributed by atoms with Gasteiger partial charge >= 0.3 is 0 Å². The number of carbonyl (C=O) groups excluding carboxylic acids is 2. The number of methoxy groups -OCH3 is 1. The first-order valence-corrected chi connectivity index (χ1v) is 8.77. The fourth-order valence-corrected chi connectivity index (χ4v) is 3.47. The zero-order valence-electron chi connectivity index (χ0n) is 14.7. The van der Waals surface area contributed by atoms with Crippen molar-refractivity contribution in [3.63, 3.8) is 0 Å². The first-order chi connectivity index (χ1) is 12.6. The third kappa shape index (κ3) is 4.03. The number of hydrogen-bond donors (Lipinski definition) is 4. The van der Waals surface area contributed by atoms with Gasteiger partial charge in [-0.15, -0.1) is 0 Å². The Morgan fingerprint density at radius 2 is 2.23 bits per heavy atom. The number of hydrogen-bond acceptors (Lipinski definition) is 5. The summed E-state index contributed by atoms with van der Waals surface area (Å²) in [5.41, 5.74) is 2.13. The molecule has 2 aromatic rings. The normalized spacial score (nSPS) is 22.9. The lowest BCUT2D eigenvalue weighted by Crippen LogP contribution is -2.50. The van der Waals surface area contributed by atoms with Crippen LogP contribution in [0.5, 0.6) is 0 Å². The molecular weight excluding hydrogens is 336 g/mol. The van der Waals surface area contributed by atoms with Crippen LogP contribution in [0.4, 0.5) is 0 Å². The molecule has 0 aliphatic heterocycles. The first kappa shape index (κ1) is 18.3. The number of fused-ring (bicyclic) bond motifs is 1. The molecule has 0 unspecified atom stereocenters. The second-order valence-electron chi connectivity index (χ2n) is 6.51. The molecule has 3 atom stereocenters. The van der Waals surface area contributed by atoms with Crippen LogP contribution in [0.1, 0.15) is 29.6 Å². The van der Waals surface area contributed by atoms with Crippen LogP contribution in [-0.2, 0) is 9.53 Å². The maximum atomic E-state index is 12.7. The van der Waals surface area contributed by atoms with E-state index in [-0.39, 0.29) is 43.0 Å². The number of aliphatic hydroxyl groups is 1. The second-order valence-corrected chi connectivity index (χ2v) is 6.51. The molecule has 26 heavy (non-hydrogen) atoms. The number of benzene rings is 1. The molecule has 4 N–H and O–H groups in total. The molecule has 8 heteroatoms. The molecule has 140 valence electrons. The lowest BCUT2D eigenvalue weighted by molar-refractivity contribution is -0.127. The maximum Gasteiger partial charge on any atom is 0.251 e. The number of aromatic amines is 1. The molecule has 3 rings (SSSR count). The standard InChI is InChI=1S/C18H24N4O4/c1-26-16-5-3-11(17(24)19-6-7-23)9-15(16)22-18(25)12-2-4-13-14(8-12)21-10-20-13/h2,4,8,10-11,15-16,23H,3,5-7,9H2,1H3,(H,19,24)(H,20,21)(H,22,25)/t11-,15+,16+/m0/s1. The Bertz CT molecular complexity index is 775. The van der Waals surface area contributed by atoms with Crippen LogP contribution in [0.2, 0.25) is 0 Å². The number of imidazole rings is 1. The summed E-state index contributed by atoms with van der Waals surface area (Å²) in [6, 6.07) is 5.03. The molecule has 1 aromatic carbocycles. The summed E-state index contributed by atoms with van der Waals surface area (Å²) in [6.45, 7) is 0.152. The Morgan fingerprint density at radius 3 is 3.00 bits per heavy atom. The van der Waals surface area contributed by atoms with Crippen LogP contribution < -0.4 is 10.6 Å². The van der Waals surface area contributed by atoms with Crippen molar-refractivity contribution < 1.29 is 19.4 Å².